The van der Waals surface area contributed by atoms with Gasteiger partial charge < -0.3 is 19.5 Å². The van der Waals surface area contributed by atoms with Crippen molar-refractivity contribution in [2.45, 2.75) is 89.5 Å². The maximum Gasteiger partial charge on any atom is 0.411 e. The number of hydrogen-bond donors (Lipinski definition) is 1. The summed E-state index contributed by atoms with van der Waals surface area (Å²) in [4.78, 5) is 26.4. The molecular weight excluding hydrogens is 566 g/mol. The summed E-state index contributed by atoms with van der Waals surface area (Å²) in [5.41, 5.74) is 2.00. The average Bonchev–Trinajstić information content (AvgIpc) is 3.35. The Labute approximate surface area is 251 Å². The van der Waals surface area contributed by atoms with Crippen LogP contribution in [0.2, 0.25) is 5.02 Å². The van der Waals surface area contributed by atoms with Crippen molar-refractivity contribution in [1.82, 2.24) is 10.2 Å². The van der Waals surface area contributed by atoms with Gasteiger partial charge in [-0.2, -0.15) is 0 Å². The maximum atomic E-state index is 14.9. The Morgan fingerprint density at radius 3 is 2.43 bits per heavy atom. The van der Waals surface area contributed by atoms with E-state index in [-0.39, 0.29) is 30.2 Å². The highest BCUT2D eigenvalue weighted by molar-refractivity contribution is 6.30. The molecule has 2 atom stereocenters. The Bertz CT molecular complexity index is 1280. The molecule has 0 radical (unpaired) electrons. The molecule has 0 spiro atoms. The van der Waals surface area contributed by atoms with E-state index in [4.69, 9.17) is 25.8 Å². The number of hydrogen-bond acceptors (Lipinski definition) is 6. The Morgan fingerprint density at radius 1 is 1.07 bits per heavy atom. The first-order valence-electron chi connectivity index (χ1n) is 14.5. The summed E-state index contributed by atoms with van der Waals surface area (Å²) in [5, 5.41) is 3.92. The zero-order valence-electron chi connectivity index (χ0n) is 25.0. The van der Waals surface area contributed by atoms with Crippen molar-refractivity contribution < 1.29 is 32.6 Å². The van der Waals surface area contributed by atoms with Gasteiger partial charge in [-0.3, -0.25) is 4.90 Å². The fourth-order valence-electron chi connectivity index (χ4n) is 6.10. The van der Waals surface area contributed by atoms with Gasteiger partial charge in [0.25, 0.3) is 0 Å². The lowest BCUT2D eigenvalue weighted by Gasteiger charge is -2.30. The third-order valence-corrected chi connectivity index (χ3v) is 8.25. The summed E-state index contributed by atoms with van der Waals surface area (Å²) in [6.07, 6.45) is 2.96. The molecule has 1 amide bonds. The third-order valence-electron chi connectivity index (χ3n) is 8.01. The number of methoxy groups -OCH3 is 1. The number of carbonyl (C=O) groups excluding carboxylic acids is 2. The molecule has 42 heavy (non-hydrogen) atoms. The van der Waals surface area contributed by atoms with Crippen LogP contribution in [0.1, 0.15) is 75.5 Å². The molecule has 230 valence electrons. The van der Waals surface area contributed by atoms with Gasteiger partial charge in [0, 0.05) is 24.1 Å². The Kier molecular flexibility index (Phi) is 10.4. The first-order chi connectivity index (χ1) is 19.9. The number of nitrogens with one attached hydrogen (secondary N) is 1. The smallest absolute Gasteiger partial charge is 0.411 e. The molecule has 1 saturated carbocycles. The van der Waals surface area contributed by atoms with Crippen molar-refractivity contribution in [3.8, 4) is 5.75 Å². The molecule has 7 nitrogen and oxygen atoms in total. The largest absolute Gasteiger partial charge is 0.488 e. The first kappa shape index (κ1) is 32.0. The SMILES string of the molecule is CNCc1cc(Cl)ccc1C1CCC(Cc2cc(O[C@H]3C[C@@H](C(=O)OC)N(C(=O)OC(C)(C)C)C3)cc(F)c2F)CC1. The lowest BCUT2D eigenvalue weighted by atomic mass is 9.75. The van der Waals surface area contributed by atoms with E-state index in [1.807, 2.05) is 19.2 Å². The van der Waals surface area contributed by atoms with Gasteiger partial charge >= 0.3 is 12.1 Å². The van der Waals surface area contributed by atoms with Crippen molar-refractivity contribution in [3.05, 3.63) is 63.7 Å². The number of amides is 1. The molecule has 10 heteroatoms. The van der Waals surface area contributed by atoms with E-state index in [1.165, 1.54) is 29.2 Å². The number of halogens is 3. The number of likely N-dealkylation sites (tertiary alicyclic amines) is 1. The zero-order chi connectivity index (χ0) is 30.6. The van der Waals surface area contributed by atoms with E-state index < -0.39 is 41.4 Å². The van der Waals surface area contributed by atoms with Crippen LogP contribution >= 0.6 is 11.6 Å². The van der Waals surface area contributed by atoms with Gasteiger partial charge in [0.15, 0.2) is 11.6 Å². The summed E-state index contributed by atoms with van der Waals surface area (Å²) in [6.45, 7) is 5.99. The molecule has 0 bridgehead atoms. The molecule has 1 aliphatic carbocycles. The summed E-state index contributed by atoms with van der Waals surface area (Å²) in [7, 11) is 3.16. The Morgan fingerprint density at radius 2 is 1.79 bits per heavy atom. The van der Waals surface area contributed by atoms with Crippen molar-refractivity contribution in [2.24, 2.45) is 5.92 Å². The van der Waals surface area contributed by atoms with Gasteiger partial charge in [0.2, 0.25) is 0 Å². The molecular formula is C32H41ClF2N2O5. The number of esters is 1. The van der Waals surface area contributed by atoms with Crippen LogP contribution in [0.25, 0.3) is 0 Å². The van der Waals surface area contributed by atoms with Crippen LogP contribution in [0.5, 0.6) is 5.75 Å². The lowest BCUT2D eigenvalue weighted by Crippen LogP contribution is -2.44. The van der Waals surface area contributed by atoms with Crippen LogP contribution in [0.3, 0.4) is 0 Å². The molecule has 0 unspecified atom stereocenters. The molecule has 2 aromatic carbocycles. The minimum Gasteiger partial charge on any atom is -0.488 e. The van der Waals surface area contributed by atoms with Crippen LogP contribution in [-0.4, -0.2) is 55.4 Å². The fraction of sp³-hybridized carbons (Fsp3) is 0.562. The van der Waals surface area contributed by atoms with Gasteiger partial charge in [-0.05, 0) is 107 Å². The zero-order valence-corrected chi connectivity index (χ0v) is 25.7. The monoisotopic (exact) mass is 606 g/mol. The summed E-state index contributed by atoms with van der Waals surface area (Å²) in [5.74, 6) is -1.67. The topological polar surface area (TPSA) is 77.1 Å². The second-order valence-corrected chi connectivity index (χ2v) is 12.8. The molecule has 2 fully saturated rings. The number of carbonyl (C=O) groups is 2. The number of ether oxygens (including phenoxy) is 3. The lowest BCUT2D eigenvalue weighted by molar-refractivity contribution is -0.145. The van der Waals surface area contributed by atoms with Crippen molar-refractivity contribution in [2.75, 3.05) is 20.7 Å². The predicted molar refractivity (Wildman–Crippen MR) is 157 cm³/mol. The predicted octanol–water partition coefficient (Wildman–Crippen LogP) is 6.78. The minimum absolute atomic E-state index is 0.0489. The highest BCUT2D eigenvalue weighted by Crippen LogP contribution is 2.40. The molecule has 1 N–H and O–H groups in total. The first-order valence-corrected chi connectivity index (χ1v) is 14.9. The Balaban J connectivity index is 1.42. The van der Waals surface area contributed by atoms with Crippen LogP contribution in [0.15, 0.2) is 30.3 Å². The van der Waals surface area contributed by atoms with Crippen LogP contribution in [0, 0.1) is 17.6 Å². The van der Waals surface area contributed by atoms with Crippen LogP contribution in [0.4, 0.5) is 13.6 Å². The van der Waals surface area contributed by atoms with Gasteiger partial charge in [0.05, 0.1) is 13.7 Å². The van der Waals surface area contributed by atoms with Crippen LogP contribution < -0.4 is 10.1 Å². The minimum atomic E-state index is -0.986. The molecule has 0 aromatic heterocycles. The average molecular weight is 607 g/mol. The third kappa shape index (κ3) is 7.92. The highest BCUT2D eigenvalue weighted by Gasteiger charge is 2.43. The van der Waals surface area contributed by atoms with E-state index in [0.717, 1.165) is 38.3 Å². The second kappa shape index (κ2) is 13.6. The molecule has 4 rings (SSSR count). The van der Waals surface area contributed by atoms with Gasteiger partial charge in [-0.15, -0.1) is 0 Å². The van der Waals surface area contributed by atoms with Crippen molar-refractivity contribution >= 4 is 23.7 Å². The van der Waals surface area contributed by atoms with E-state index in [2.05, 4.69) is 11.4 Å². The van der Waals surface area contributed by atoms with E-state index in [9.17, 15) is 18.4 Å². The summed E-state index contributed by atoms with van der Waals surface area (Å²) >= 11 is 6.22. The number of nitrogens with zero attached hydrogens (tertiary/aromatic N) is 1. The van der Waals surface area contributed by atoms with E-state index >= 15 is 0 Å². The highest BCUT2D eigenvalue weighted by atomic mass is 35.5. The van der Waals surface area contributed by atoms with Crippen LogP contribution in [-0.2, 0) is 27.2 Å². The van der Waals surface area contributed by atoms with Gasteiger partial charge in [-0.25, -0.2) is 18.4 Å². The standard InChI is InChI=1S/C32H41ClF2N2O5/c1-32(2,3)42-31(39)37-18-25(16-28(37)30(38)40-5)41-24-14-21(29(35)27(34)15-24)12-19-6-8-20(9-7-19)26-11-10-23(33)13-22(26)17-36-4/h10-11,13-15,19-20,25,28,36H,6-9,12,16-18H2,1-5H3/t19?,20?,25-,28-/m0/s1. The number of rotatable bonds is 8. The summed E-state index contributed by atoms with van der Waals surface area (Å²) < 4.78 is 46.0. The maximum absolute atomic E-state index is 14.9. The quantitative estimate of drug-likeness (QED) is 0.334. The molecule has 1 saturated heterocycles. The van der Waals surface area contributed by atoms with Crippen molar-refractivity contribution in [1.29, 1.82) is 0 Å². The molecule has 2 aromatic rings. The van der Waals surface area contributed by atoms with E-state index in [0.29, 0.717) is 17.4 Å². The fourth-order valence-corrected chi connectivity index (χ4v) is 6.29. The molecule has 1 aliphatic heterocycles. The normalized spacial score (nSPS) is 22.6. The second-order valence-electron chi connectivity index (χ2n) is 12.3. The number of benzene rings is 2. The van der Waals surface area contributed by atoms with E-state index in [1.54, 1.807) is 20.8 Å². The summed E-state index contributed by atoms with van der Waals surface area (Å²) in [6, 6.07) is 7.70. The molecule has 2 aliphatic rings. The van der Waals surface area contributed by atoms with Crippen molar-refractivity contribution in [3.63, 3.8) is 0 Å². The molecule has 1 heterocycles. The van der Waals surface area contributed by atoms with Gasteiger partial charge in [-0.1, -0.05) is 17.7 Å². The van der Waals surface area contributed by atoms with Gasteiger partial charge in [0.1, 0.15) is 23.5 Å². The Hall–Kier alpha value is -2.91.